The van der Waals surface area contributed by atoms with E-state index in [0.29, 0.717) is 5.82 Å². The first-order valence-electron chi connectivity index (χ1n) is 7.33. The molecule has 3 aromatic rings. The molecule has 0 bridgehead atoms. The Kier molecular flexibility index (Phi) is 5.10. The molecule has 0 amide bonds. The molecule has 1 aromatic carbocycles. The second kappa shape index (κ2) is 7.30. The van der Waals surface area contributed by atoms with Gasteiger partial charge in [-0.25, -0.2) is 14.6 Å². The van der Waals surface area contributed by atoms with Gasteiger partial charge in [-0.2, -0.15) is 13.2 Å². The lowest BCUT2D eigenvalue weighted by atomic mass is 10.1. The third-order valence-corrected chi connectivity index (χ3v) is 3.80. The van der Waals surface area contributed by atoms with E-state index >= 15 is 0 Å². The minimum absolute atomic E-state index is 0.0245. The van der Waals surface area contributed by atoms with E-state index in [9.17, 15) is 13.2 Å². The number of ether oxygens (including phenoxy) is 1. The Bertz CT molecular complexity index is 897. The van der Waals surface area contributed by atoms with Crippen LogP contribution in [0.5, 0.6) is 5.75 Å². The van der Waals surface area contributed by atoms with Gasteiger partial charge in [0, 0.05) is 10.6 Å². The number of aliphatic hydroxyl groups is 1. The standard InChI is InChI=1S/C16H12ClF3N4O2/c17-13-3-1-2-12(16(18,19)20)11(13)8-26-10-4-5-15(21-6-10)24-9-22-14(7-25)23-24/h1-6,9,25H,7-8H2. The number of rotatable bonds is 5. The van der Waals surface area contributed by atoms with Crippen molar-refractivity contribution in [2.75, 3.05) is 0 Å². The Morgan fingerprint density at radius 3 is 2.58 bits per heavy atom. The van der Waals surface area contributed by atoms with Crippen molar-refractivity contribution in [2.24, 2.45) is 0 Å². The Labute approximate surface area is 150 Å². The summed E-state index contributed by atoms with van der Waals surface area (Å²) >= 11 is 5.89. The SMILES string of the molecule is OCc1ncn(-c2ccc(OCc3c(Cl)cccc3C(F)(F)F)cn2)n1. The third kappa shape index (κ3) is 3.94. The Morgan fingerprint density at radius 2 is 1.96 bits per heavy atom. The van der Waals surface area contributed by atoms with Gasteiger partial charge >= 0.3 is 6.18 Å². The van der Waals surface area contributed by atoms with Crippen molar-refractivity contribution < 1.29 is 23.0 Å². The second-order valence-corrected chi connectivity index (χ2v) is 5.58. The minimum Gasteiger partial charge on any atom is -0.487 e. The van der Waals surface area contributed by atoms with Crippen LogP contribution in [-0.4, -0.2) is 24.9 Å². The molecular formula is C16H12ClF3N4O2. The molecule has 136 valence electrons. The molecule has 0 spiro atoms. The summed E-state index contributed by atoms with van der Waals surface area (Å²) in [5.74, 6) is 0.924. The van der Waals surface area contributed by atoms with E-state index in [2.05, 4.69) is 15.1 Å². The Balaban J connectivity index is 1.75. The summed E-state index contributed by atoms with van der Waals surface area (Å²) < 4.78 is 45.9. The molecule has 0 fully saturated rings. The van der Waals surface area contributed by atoms with Crippen LogP contribution >= 0.6 is 11.6 Å². The third-order valence-electron chi connectivity index (χ3n) is 3.44. The second-order valence-electron chi connectivity index (χ2n) is 5.17. The van der Waals surface area contributed by atoms with E-state index in [-0.39, 0.29) is 35.4 Å². The zero-order valence-corrected chi connectivity index (χ0v) is 13.9. The van der Waals surface area contributed by atoms with E-state index in [1.807, 2.05) is 0 Å². The average molecular weight is 385 g/mol. The number of aromatic nitrogens is 4. The van der Waals surface area contributed by atoms with Crippen LogP contribution in [0.1, 0.15) is 17.0 Å². The van der Waals surface area contributed by atoms with Crippen LogP contribution in [0.4, 0.5) is 13.2 Å². The molecule has 26 heavy (non-hydrogen) atoms. The van der Waals surface area contributed by atoms with E-state index in [1.165, 1.54) is 35.4 Å². The summed E-state index contributed by atoms with van der Waals surface area (Å²) in [4.78, 5) is 7.96. The van der Waals surface area contributed by atoms with Crippen molar-refractivity contribution in [3.8, 4) is 11.6 Å². The fourth-order valence-electron chi connectivity index (χ4n) is 2.20. The highest BCUT2D eigenvalue weighted by Gasteiger charge is 2.34. The molecule has 0 unspecified atom stereocenters. The lowest BCUT2D eigenvalue weighted by Gasteiger charge is -2.15. The van der Waals surface area contributed by atoms with E-state index in [1.54, 1.807) is 6.07 Å². The van der Waals surface area contributed by atoms with Crippen molar-refractivity contribution >= 4 is 11.6 Å². The van der Waals surface area contributed by atoms with Crippen molar-refractivity contribution in [1.82, 2.24) is 19.7 Å². The number of nitrogens with zero attached hydrogens (tertiary/aromatic N) is 4. The molecule has 2 aromatic heterocycles. The number of hydrogen-bond donors (Lipinski definition) is 1. The summed E-state index contributed by atoms with van der Waals surface area (Å²) in [6.45, 7) is -0.652. The zero-order valence-electron chi connectivity index (χ0n) is 13.1. The molecular weight excluding hydrogens is 373 g/mol. The largest absolute Gasteiger partial charge is 0.487 e. The van der Waals surface area contributed by atoms with Gasteiger partial charge in [-0.15, -0.1) is 5.10 Å². The highest BCUT2D eigenvalue weighted by molar-refractivity contribution is 6.31. The number of benzene rings is 1. The number of hydrogen-bond acceptors (Lipinski definition) is 5. The maximum Gasteiger partial charge on any atom is 0.416 e. The molecule has 0 saturated carbocycles. The highest BCUT2D eigenvalue weighted by atomic mass is 35.5. The first kappa shape index (κ1) is 18.2. The lowest BCUT2D eigenvalue weighted by molar-refractivity contribution is -0.138. The predicted octanol–water partition coefficient (Wildman–Crippen LogP) is 3.41. The maximum absolute atomic E-state index is 13.1. The van der Waals surface area contributed by atoms with Gasteiger partial charge in [-0.3, -0.25) is 0 Å². The summed E-state index contributed by atoms with van der Waals surface area (Å²) in [6.07, 6.45) is -1.79. The Morgan fingerprint density at radius 1 is 1.15 bits per heavy atom. The Hall–Kier alpha value is -2.65. The maximum atomic E-state index is 13.1. The molecule has 6 nitrogen and oxygen atoms in total. The van der Waals surface area contributed by atoms with Gasteiger partial charge in [0.25, 0.3) is 0 Å². The van der Waals surface area contributed by atoms with Crippen LogP contribution in [0.2, 0.25) is 5.02 Å². The van der Waals surface area contributed by atoms with Gasteiger partial charge in [-0.05, 0) is 24.3 Å². The molecule has 10 heteroatoms. The number of aliphatic hydroxyl groups excluding tert-OH is 1. The first-order chi connectivity index (χ1) is 12.4. The predicted molar refractivity (Wildman–Crippen MR) is 85.9 cm³/mol. The summed E-state index contributed by atoms with van der Waals surface area (Å²) in [5, 5.41) is 12.9. The molecule has 0 saturated heterocycles. The zero-order chi connectivity index (χ0) is 18.7. The van der Waals surface area contributed by atoms with Crippen LogP contribution in [0, 0.1) is 0 Å². The van der Waals surface area contributed by atoms with Crippen LogP contribution in [0.3, 0.4) is 0 Å². The molecule has 1 N–H and O–H groups in total. The number of pyridine rings is 1. The summed E-state index contributed by atoms with van der Waals surface area (Å²) in [5.41, 5.74) is -0.983. The number of halogens is 4. The molecule has 0 aliphatic heterocycles. The van der Waals surface area contributed by atoms with Crippen LogP contribution in [0.25, 0.3) is 5.82 Å². The first-order valence-corrected chi connectivity index (χ1v) is 7.71. The van der Waals surface area contributed by atoms with Crippen molar-refractivity contribution in [1.29, 1.82) is 0 Å². The summed E-state index contributed by atoms with van der Waals surface area (Å²) in [7, 11) is 0. The normalized spacial score (nSPS) is 11.6. The lowest BCUT2D eigenvalue weighted by Crippen LogP contribution is -2.11. The molecule has 0 aliphatic carbocycles. The smallest absolute Gasteiger partial charge is 0.416 e. The van der Waals surface area contributed by atoms with Crippen LogP contribution in [0.15, 0.2) is 42.9 Å². The van der Waals surface area contributed by atoms with Gasteiger partial charge in [-0.1, -0.05) is 17.7 Å². The minimum atomic E-state index is -4.52. The van der Waals surface area contributed by atoms with Gasteiger partial charge in [0.2, 0.25) is 0 Å². The van der Waals surface area contributed by atoms with Crippen molar-refractivity contribution in [2.45, 2.75) is 19.4 Å². The summed E-state index contributed by atoms with van der Waals surface area (Å²) in [6, 6.07) is 6.66. The van der Waals surface area contributed by atoms with E-state index in [4.69, 9.17) is 21.4 Å². The van der Waals surface area contributed by atoms with E-state index < -0.39 is 11.7 Å². The molecule has 0 atom stereocenters. The van der Waals surface area contributed by atoms with Gasteiger partial charge in [0.05, 0.1) is 11.8 Å². The average Bonchev–Trinajstić information content (AvgIpc) is 3.09. The molecule has 2 heterocycles. The highest BCUT2D eigenvalue weighted by Crippen LogP contribution is 2.35. The fourth-order valence-corrected chi connectivity index (χ4v) is 2.43. The molecule has 0 radical (unpaired) electrons. The molecule has 3 rings (SSSR count). The number of alkyl halides is 3. The van der Waals surface area contributed by atoms with Crippen molar-refractivity contribution in [3.05, 3.63) is 64.8 Å². The van der Waals surface area contributed by atoms with Crippen LogP contribution in [-0.2, 0) is 19.4 Å². The van der Waals surface area contributed by atoms with Gasteiger partial charge in [0.1, 0.15) is 25.3 Å². The fraction of sp³-hybridized carbons (Fsp3) is 0.188. The van der Waals surface area contributed by atoms with Crippen molar-refractivity contribution in [3.63, 3.8) is 0 Å². The quantitative estimate of drug-likeness (QED) is 0.729. The topological polar surface area (TPSA) is 73.1 Å². The van der Waals surface area contributed by atoms with Gasteiger partial charge in [0.15, 0.2) is 11.6 Å². The van der Waals surface area contributed by atoms with Crippen LogP contribution < -0.4 is 4.74 Å². The molecule has 0 aliphatic rings. The van der Waals surface area contributed by atoms with Gasteiger partial charge < -0.3 is 9.84 Å². The monoisotopic (exact) mass is 384 g/mol. The van der Waals surface area contributed by atoms with E-state index in [0.717, 1.165) is 6.07 Å².